The molecule has 2 heterocycles. The molecule has 1 aromatic heterocycles. The van der Waals surface area contributed by atoms with Crippen molar-refractivity contribution in [2.75, 3.05) is 6.61 Å². The molecule has 7 nitrogen and oxygen atoms in total. The van der Waals surface area contributed by atoms with Gasteiger partial charge in [-0.3, -0.25) is 9.36 Å². The molecule has 0 bridgehead atoms. The number of carbonyl (C=O) groups excluding carboxylic acids is 1. The van der Waals surface area contributed by atoms with Gasteiger partial charge in [0.05, 0.1) is 34.6 Å². The fourth-order valence-electron chi connectivity index (χ4n) is 5.50. The minimum absolute atomic E-state index is 0.0237. The molecule has 0 radical (unpaired) electrons. The number of benzene rings is 4. The van der Waals surface area contributed by atoms with Crippen LogP contribution >= 0.6 is 11.3 Å². The largest absolute Gasteiger partial charge is 0.491 e. The highest BCUT2D eigenvalue weighted by Gasteiger charge is 2.33. The lowest BCUT2D eigenvalue weighted by Crippen LogP contribution is -2.39. The Balaban J connectivity index is 1.31. The Morgan fingerprint density at radius 2 is 1.67 bits per heavy atom. The number of carbonyl (C=O) groups is 1. The summed E-state index contributed by atoms with van der Waals surface area (Å²) in [4.78, 5) is 32.3. The van der Waals surface area contributed by atoms with Crippen LogP contribution in [0.15, 0.2) is 112 Å². The Labute approximate surface area is 265 Å². The van der Waals surface area contributed by atoms with Gasteiger partial charge in [0.25, 0.3) is 5.56 Å². The fourth-order valence-corrected chi connectivity index (χ4v) is 6.55. The van der Waals surface area contributed by atoms with Crippen molar-refractivity contribution < 1.29 is 19.0 Å². The summed E-state index contributed by atoms with van der Waals surface area (Å²) >= 11 is 1.30. The van der Waals surface area contributed by atoms with Crippen LogP contribution < -0.4 is 24.4 Å². The van der Waals surface area contributed by atoms with E-state index >= 15 is 0 Å². The Bertz CT molecular complexity index is 2070. The van der Waals surface area contributed by atoms with Gasteiger partial charge < -0.3 is 14.2 Å². The lowest BCUT2D eigenvalue weighted by atomic mass is 9.96. The van der Waals surface area contributed by atoms with Gasteiger partial charge in [-0.1, -0.05) is 78.1 Å². The zero-order valence-electron chi connectivity index (χ0n) is 25.7. The summed E-state index contributed by atoms with van der Waals surface area (Å²) in [5.41, 5.74) is 3.39. The average Bonchev–Trinajstić information content (AvgIpc) is 3.34. The van der Waals surface area contributed by atoms with Crippen LogP contribution in [-0.2, 0) is 16.1 Å². The summed E-state index contributed by atoms with van der Waals surface area (Å²) in [6.07, 6.45) is 1.87. The summed E-state index contributed by atoms with van der Waals surface area (Å²) in [6, 6.07) is 28.9. The predicted molar refractivity (Wildman–Crippen MR) is 177 cm³/mol. The molecule has 0 aliphatic carbocycles. The van der Waals surface area contributed by atoms with Crippen LogP contribution in [-0.4, -0.2) is 23.2 Å². The minimum Gasteiger partial charge on any atom is -0.491 e. The van der Waals surface area contributed by atoms with Crippen molar-refractivity contribution in [3.63, 3.8) is 0 Å². The number of hydrogen-bond acceptors (Lipinski definition) is 7. The number of ether oxygens (including phenoxy) is 3. The van der Waals surface area contributed by atoms with E-state index in [4.69, 9.17) is 14.2 Å². The maximum absolute atomic E-state index is 13.9. The van der Waals surface area contributed by atoms with Gasteiger partial charge in [-0.25, -0.2) is 9.79 Å². The van der Waals surface area contributed by atoms with Crippen molar-refractivity contribution in [1.29, 1.82) is 0 Å². The highest BCUT2D eigenvalue weighted by Crippen LogP contribution is 2.32. The molecule has 1 aliphatic heterocycles. The summed E-state index contributed by atoms with van der Waals surface area (Å²) in [7, 11) is 0. The normalized spacial score (nSPS) is 14.8. The maximum atomic E-state index is 13.9. The first kappa shape index (κ1) is 30.1. The van der Waals surface area contributed by atoms with Gasteiger partial charge in [-0.15, -0.1) is 0 Å². The van der Waals surface area contributed by atoms with Gasteiger partial charge in [-0.05, 0) is 85.5 Å². The molecule has 5 aromatic rings. The van der Waals surface area contributed by atoms with Crippen LogP contribution in [0.1, 0.15) is 50.4 Å². The van der Waals surface area contributed by atoms with Crippen molar-refractivity contribution in [2.45, 2.75) is 46.4 Å². The SMILES string of the molecule is CCOC(=O)C1=C(C)N=c2s/c(=C\c3ccc(OCc4cccc5ccccc45)cc3)c(=O)n2[C@@H]1c1ccc(OC(C)C)cc1. The monoisotopic (exact) mass is 618 g/mol. The van der Waals surface area contributed by atoms with Crippen LogP contribution in [0.5, 0.6) is 11.5 Å². The molecule has 0 amide bonds. The topological polar surface area (TPSA) is 79.1 Å². The van der Waals surface area contributed by atoms with Crippen LogP contribution in [0.3, 0.4) is 0 Å². The van der Waals surface area contributed by atoms with Crippen LogP contribution in [0.4, 0.5) is 0 Å². The third-order valence-electron chi connectivity index (χ3n) is 7.54. The Morgan fingerprint density at radius 1 is 0.956 bits per heavy atom. The summed E-state index contributed by atoms with van der Waals surface area (Å²) < 4.78 is 19.4. The highest BCUT2D eigenvalue weighted by molar-refractivity contribution is 7.07. The smallest absolute Gasteiger partial charge is 0.338 e. The molecule has 0 unspecified atom stereocenters. The predicted octanol–water partition coefficient (Wildman–Crippen LogP) is 6.32. The standard InChI is InChI=1S/C37H34N2O5S/c1-5-42-36(41)33-24(4)38-37-39(34(33)27-15-19-30(20-16-27)44-23(2)3)35(40)32(45-37)21-25-13-17-29(18-14-25)43-22-28-11-8-10-26-9-6-7-12-31(26)28/h6-21,23,34H,5,22H2,1-4H3/b32-21-/t34-/m1/s1. The molecule has 228 valence electrons. The Morgan fingerprint density at radius 3 is 2.40 bits per heavy atom. The van der Waals surface area contributed by atoms with Crippen LogP contribution in [0, 0.1) is 0 Å². The molecular formula is C37H34N2O5S. The second-order valence-corrected chi connectivity index (χ2v) is 12.0. The molecule has 0 fully saturated rings. The number of hydrogen-bond donors (Lipinski definition) is 0. The molecule has 0 saturated heterocycles. The molecular weight excluding hydrogens is 584 g/mol. The second kappa shape index (κ2) is 13.0. The van der Waals surface area contributed by atoms with Crippen molar-refractivity contribution >= 4 is 34.2 Å². The number of fused-ring (bicyclic) bond motifs is 2. The van der Waals surface area contributed by atoms with Gasteiger partial charge in [0.2, 0.25) is 0 Å². The van der Waals surface area contributed by atoms with E-state index in [1.54, 1.807) is 18.4 Å². The van der Waals surface area contributed by atoms with Crippen LogP contribution in [0.25, 0.3) is 16.8 Å². The third kappa shape index (κ3) is 6.33. The van der Waals surface area contributed by atoms with E-state index in [1.165, 1.54) is 22.1 Å². The lowest BCUT2D eigenvalue weighted by Gasteiger charge is -2.25. The summed E-state index contributed by atoms with van der Waals surface area (Å²) in [5.74, 6) is 0.963. The van der Waals surface area contributed by atoms with Gasteiger partial charge in [0.15, 0.2) is 4.80 Å². The van der Waals surface area contributed by atoms with E-state index in [2.05, 4.69) is 29.3 Å². The Kier molecular flexibility index (Phi) is 8.67. The number of thiazole rings is 1. The van der Waals surface area contributed by atoms with Gasteiger partial charge in [0.1, 0.15) is 18.1 Å². The molecule has 0 spiro atoms. The molecule has 6 rings (SSSR count). The number of allylic oxidation sites excluding steroid dienone is 1. The molecule has 4 aromatic carbocycles. The van der Waals surface area contributed by atoms with E-state index in [0.29, 0.717) is 33.0 Å². The summed E-state index contributed by atoms with van der Waals surface area (Å²) in [5, 5.41) is 2.35. The molecule has 1 atom stereocenters. The number of nitrogens with zero attached hydrogens (tertiary/aromatic N) is 2. The van der Waals surface area contributed by atoms with Crippen molar-refractivity contribution in [2.24, 2.45) is 4.99 Å². The van der Waals surface area contributed by atoms with Gasteiger partial charge in [0, 0.05) is 0 Å². The molecule has 1 aliphatic rings. The maximum Gasteiger partial charge on any atom is 0.338 e. The van der Waals surface area contributed by atoms with Gasteiger partial charge in [-0.2, -0.15) is 0 Å². The zero-order chi connectivity index (χ0) is 31.5. The number of aromatic nitrogens is 1. The van der Waals surface area contributed by atoms with E-state index in [1.807, 2.05) is 86.7 Å². The third-order valence-corrected chi connectivity index (χ3v) is 8.52. The van der Waals surface area contributed by atoms with Crippen molar-refractivity contribution in [3.8, 4) is 11.5 Å². The van der Waals surface area contributed by atoms with Crippen molar-refractivity contribution in [3.05, 3.63) is 139 Å². The van der Waals surface area contributed by atoms with E-state index in [-0.39, 0.29) is 18.3 Å². The highest BCUT2D eigenvalue weighted by atomic mass is 32.1. The van der Waals surface area contributed by atoms with E-state index < -0.39 is 12.0 Å². The van der Waals surface area contributed by atoms with Crippen LogP contribution in [0.2, 0.25) is 0 Å². The minimum atomic E-state index is -0.680. The fraction of sp³-hybridized carbons (Fsp3) is 0.216. The lowest BCUT2D eigenvalue weighted by molar-refractivity contribution is -0.139. The quantitative estimate of drug-likeness (QED) is 0.181. The molecule has 0 saturated carbocycles. The zero-order valence-corrected chi connectivity index (χ0v) is 26.5. The first-order valence-electron chi connectivity index (χ1n) is 15.0. The Hall–Kier alpha value is -4.95. The molecule has 45 heavy (non-hydrogen) atoms. The van der Waals surface area contributed by atoms with Gasteiger partial charge >= 0.3 is 5.97 Å². The van der Waals surface area contributed by atoms with Crippen molar-refractivity contribution in [1.82, 2.24) is 4.57 Å². The molecule has 8 heteroatoms. The number of esters is 1. The second-order valence-electron chi connectivity index (χ2n) is 11.0. The van der Waals surface area contributed by atoms with E-state index in [9.17, 15) is 9.59 Å². The molecule has 0 N–H and O–H groups in total. The number of rotatable bonds is 9. The van der Waals surface area contributed by atoms with E-state index in [0.717, 1.165) is 22.4 Å². The summed E-state index contributed by atoms with van der Waals surface area (Å²) in [6.45, 7) is 8.13. The first-order valence-corrected chi connectivity index (χ1v) is 15.8. The average molecular weight is 619 g/mol. The first-order chi connectivity index (χ1) is 21.8.